The molecule has 0 saturated carbocycles. The van der Waals surface area contributed by atoms with E-state index in [0.29, 0.717) is 5.56 Å². The Morgan fingerprint density at radius 2 is 1.79 bits per heavy atom. The van der Waals surface area contributed by atoms with Gasteiger partial charge >= 0.3 is 12.4 Å². The maximum atomic E-state index is 13.7. The highest BCUT2D eigenvalue weighted by molar-refractivity contribution is 5.49. The summed E-state index contributed by atoms with van der Waals surface area (Å²) in [5.74, 6) is -1.30. The molecule has 24 heavy (non-hydrogen) atoms. The number of alkyl halides is 2. The minimum absolute atomic E-state index is 0.00287. The lowest BCUT2D eigenvalue weighted by molar-refractivity contribution is 0.116. The molecule has 0 aliphatic heterocycles. The van der Waals surface area contributed by atoms with E-state index in [1.165, 1.54) is 18.5 Å². The van der Waals surface area contributed by atoms with Gasteiger partial charge in [0, 0.05) is 18.0 Å². The molecule has 0 amide bonds. The molecule has 0 aliphatic rings. The van der Waals surface area contributed by atoms with Crippen LogP contribution in [0.15, 0.2) is 41.1 Å². The third-order valence-electron chi connectivity index (χ3n) is 3.13. The van der Waals surface area contributed by atoms with Crippen LogP contribution in [0.25, 0.3) is 11.5 Å². The maximum Gasteiger partial charge on any atom is 0.316 e. The quantitative estimate of drug-likeness (QED) is 0.706. The molecule has 1 unspecified atom stereocenters. The first-order valence-corrected chi connectivity index (χ1v) is 6.89. The van der Waals surface area contributed by atoms with Crippen LogP contribution in [0.2, 0.25) is 0 Å². The number of hydrogen-bond acceptors (Lipinski definition) is 6. The van der Waals surface area contributed by atoms with Gasteiger partial charge in [-0.3, -0.25) is 0 Å². The smallest absolute Gasteiger partial charge is 0.316 e. The molecule has 1 atom stereocenters. The van der Waals surface area contributed by atoms with E-state index < -0.39 is 24.2 Å². The van der Waals surface area contributed by atoms with Crippen molar-refractivity contribution in [2.45, 2.75) is 19.5 Å². The second kappa shape index (κ2) is 6.65. The number of benzene rings is 1. The Bertz CT molecular complexity index is 824. The summed E-state index contributed by atoms with van der Waals surface area (Å²) in [4.78, 5) is 7.87. The molecule has 0 aliphatic carbocycles. The van der Waals surface area contributed by atoms with Gasteiger partial charge in [0.15, 0.2) is 0 Å². The maximum absolute atomic E-state index is 13.7. The molecule has 6 nitrogen and oxygen atoms in total. The average molecular weight is 336 g/mol. The summed E-state index contributed by atoms with van der Waals surface area (Å²) in [6, 6.07) is 6.20. The Hall–Kier alpha value is -2.97. The van der Waals surface area contributed by atoms with Crippen LogP contribution >= 0.6 is 0 Å². The van der Waals surface area contributed by atoms with E-state index in [1.54, 1.807) is 25.1 Å². The minimum atomic E-state index is -2.85. The van der Waals surface area contributed by atoms with Crippen molar-refractivity contribution in [3.8, 4) is 17.5 Å². The Morgan fingerprint density at radius 3 is 2.42 bits per heavy atom. The predicted octanol–water partition coefficient (Wildman–Crippen LogP) is 3.74. The molecule has 124 valence electrons. The van der Waals surface area contributed by atoms with E-state index in [4.69, 9.17) is 9.15 Å². The van der Waals surface area contributed by atoms with Gasteiger partial charge in [-0.25, -0.2) is 14.4 Å². The monoisotopic (exact) mass is 336 g/mol. The van der Waals surface area contributed by atoms with Crippen LogP contribution in [0.1, 0.15) is 30.9 Å². The molecule has 2 heterocycles. The van der Waals surface area contributed by atoms with Crippen molar-refractivity contribution in [2.24, 2.45) is 0 Å². The van der Waals surface area contributed by atoms with Gasteiger partial charge in [0.2, 0.25) is 0 Å². The van der Waals surface area contributed by atoms with Gasteiger partial charge in [0.25, 0.3) is 11.8 Å². The Balaban J connectivity index is 1.73. The molecular formula is C15H11F3N4O2. The number of nitrogens with zero attached hydrogens (tertiary/aromatic N) is 4. The SMILES string of the molecule is CC(Oc1ncc(-c2nnc(C(F)F)o2)cn1)c1ccccc1F. The molecule has 0 N–H and O–H groups in total. The van der Waals surface area contributed by atoms with Crippen molar-refractivity contribution in [1.82, 2.24) is 20.2 Å². The summed E-state index contributed by atoms with van der Waals surface area (Å²) in [5, 5.41) is 6.71. The van der Waals surface area contributed by atoms with Crippen LogP contribution in [-0.4, -0.2) is 20.2 Å². The molecule has 3 aromatic rings. The second-order valence-electron chi connectivity index (χ2n) is 4.78. The molecule has 3 rings (SSSR count). The Labute approximate surface area is 134 Å². The summed E-state index contributed by atoms with van der Waals surface area (Å²) in [7, 11) is 0. The Morgan fingerprint density at radius 1 is 1.08 bits per heavy atom. The molecule has 0 spiro atoms. The van der Waals surface area contributed by atoms with Crippen LogP contribution in [0.5, 0.6) is 6.01 Å². The fourth-order valence-corrected chi connectivity index (χ4v) is 1.95. The lowest BCUT2D eigenvalue weighted by atomic mass is 10.1. The summed E-state index contributed by atoms with van der Waals surface area (Å²) < 4.78 is 48.8. The highest BCUT2D eigenvalue weighted by Crippen LogP contribution is 2.24. The topological polar surface area (TPSA) is 73.9 Å². The van der Waals surface area contributed by atoms with E-state index in [0.717, 1.165) is 0 Å². The molecule has 1 aromatic carbocycles. The fraction of sp³-hybridized carbons (Fsp3) is 0.200. The van der Waals surface area contributed by atoms with E-state index in [2.05, 4.69) is 20.2 Å². The van der Waals surface area contributed by atoms with E-state index in [-0.39, 0.29) is 17.5 Å². The van der Waals surface area contributed by atoms with Crippen LogP contribution < -0.4 is 4.74 Å². The van der Waals surface area contributed by atoms with Gasteiger partial charge in [-0.15, -0.1) is 10.2 Å². The van der Waals surface area contributed by atoms with E-state index >= 15 is 0 Å². The molecule has 0 saturated heterocycles. The van der Waals surface area contributed by atoms with Crippen molar-refractivity contribution in [1.29, 1.82) is 0 Å². The molecule has 0 radical (unpaired) electrons. The first kappa shape index (κ1) is 15.9. The van der Waals surface area contributed by atoms with Crippen LogP contribution in [0, 0.1) is 5.82 Å². The van der Waals surface area contributed by atoms with Crippen molar-refractivity contribution in [2.75, 3.05) is 0 Å². The van der Waals surface area contributed by atoms with Crippen molar-refractivity contribution in [3.63, 3.8) is 0 Å². The minimum Gasteiger partial charge on any atom is -0.455 e. The van der Waals surface area contributed by atoms with Gasteiger partial charge < -0.3 is 9.15 Å². The molecular weight excluding hydrogens is 325 g/mol. The van der Waals surface area contributed by atoms with Crippen LogP contribution in [0.3, 0.4) is 0 Å². The van der Waals surface area contributed by atoms with Crippen molar-refractivity contribution in [3.05, 3.63) is 53.9 Å². The molecule has 9 heteroatoms. The predicted molar refractivity (Wildman–Crippen MR) is 75.7 cm³/mol. The van der Waals surface area contributed by atoms with Gasteiger partial charge in [0.05, 0.1) is 5.56 Å². The lowest BCUT2D eigenvalue weighted by Gasteiger charge is -2.13. The van der Waals surface area contributed by atoms with E-state index in [1.807, 2.05) is 0 Å². The van der Waals surface area contributed by atoms with Crippen molar-refractivity contribution >= 4 is 0 Å². The van der Waals surface area contributed by atoms with Gasteiger partial charge in [-0.2, -0.15) is 8.78 Å². The third kappa shape index (κ3) is 3.34. The first-order chi connectivity index (χ1) is 11.5. The third-order valence-corrected chi connectivity index (χ3v) is 3.13. The summed E-state index contributed by atoms with van der Waals surface area (Å²) in [6.45, 7) is 1.66. The highest BCUT2D eigenvalue weighted by Gasteiger charge is 2.18. The summed E-state index contributed by atoms with van der Waals surface area (Å²) >= 11 is 0. The lowest BCUT2D eigenvalue weighted by Crippen LogP contribution is -2.07. The van der Waals surface area contributed by atoms with Crippen LogP contribution in [0.4, 0.5) is 13.2 Å². The van der Waals surface area contributed by atoms with Gasteiger partial charge in [0.1, 0.15) is 11.9 Å². The van der Waals surface area contributed by atoms with Crippen molar-refractivity contribution < 1.29 is 22.3 Å². The summed E-state index contributed by atoms with van der Waals surface area (Å²) in [5.41, 5.74) is 0.629. The molecule has 0 bridgehead atoms. The second-order valence-corrected chi connectivity index (χ2v) is 4.78. The molecule has 2 aromatic heterocycles. The standard InChI is InChI=1S/C15H11F3N4O2/c1-8(10-4-2-3-5-11(10)16)23-15-19-6-9(7-20-15)13-21-22-14(24-13)12(17)18/h2-8,12H,1H3. The normalized spacial score (nSPS) is 12.4. The number of ether oxygens (including phenoxy) is 1. The molecule has 0 fully saturated rings. The highest BCUT2D eigenvalue weighted by atomic mass is 19.3. The Kier molecular flexibility index (Phi) is 4.41. The van der Waals surface area contributed by atoms with E-state index in [9.17, 15) is 13.2 Å². The zero-order chi connectivity index (χ0) is 17.1. The van der Waals surface area contributed by atoms with Gasteiger partial charge in [-0.05, 0) is 13.0 Å². The largest absolute Gasteiger partial charge is 0.455 e. The fourth-order valence-electron chi connectivity index (χ4n) is 1.95. The zero-order valence-corrected chi connectivity index (χ0v) is 12.4. The average Bonchev–Trinajstić information content (AvgIpc) is 3.06. The summed E-state index contributed by atoms with van der Waals surface area (Å²) in [6.07, 6.45) is -0.875. The van der Waals surface area contributed by atoms with Crippen LogP contribution in [-0.2, 0) is 0 Å². The number of hydrogen-bond donors (Lipinski definition) is 0. The zero-order valence-electron chi connectivity index (χ0n) is 12.4. The first-order valence-electron chi connectivity index (χ1n) is 6.89. The number of rotatable bonds is 5. The number of aromatic nitrogens is 4. The van der Waals surface area contributed by atoms with Gasteiger partial charge in [-0.1, -0.05) is 18.2 Å². The number of halogens is 3.